The molecule has 15 aromatic rings. The number of furan rings is 4. The molecule has 0 fully saturated rings. The van der Waals surface area contributed by atoms with Crippen LogP contribution in [-0.4, -0.2) is 4.57 Å². The molecule has 0 aliphatic rings. The first-order chi connectivity index (χ1) is 32.1. The molecular formula is C60H33NO4. The third kappa shape index (κ3) is 5.09. The fraction of sp³-hybridized carbons (Fsp3) is 0. The highest BCUT2D eigenvalue weighted by Gasteiger charge is 2.17. The van der Waals surface area contributed by atoms with E-state index in [0.717, 1.165) is 127 Å². The summed E-state index contributed by atoms with van der Waals surface area (Å²) in [5.41, 5.74) is 17.2. The second kappa shape index (κ2) is 12.9. The third-order valence-electron chi connectivity index (χ3n) is 13.6. The van der Waals surface area contributed by atoms with Gasteiger partial charge in [0.2, 0.25) is 0 Å². The molecule has 65 heavy (non-hydrogen) atoms. The van der Waals surface area contributed by atoms with Gasteiger partial charge in [-0.3, -0.25) is 0 Å². The van der Waals surface area contributed by atoms with Crippen molar-refractivity contribution in [3.05, 3.63) is 200 Å². The number of hydrogen-bond donors (Lipinski definition) is 0. The van der Waals surface area contributed by atoms with Crippen molar-refractivity contribution in [1.29, 1.82) is 0 Å². The molecule has 0 spiro atoms. The summed E-state index contributed by atoms with van der Waals surface area (Å²) in [5.74, 6) is 0. The van der Waals surface area contributed by atoms with Gasteiger partial charge in [-0.25, -0.2) is 0 Å². The molecule has 5 nitrogen and oxygen atoms in total. The average molecular weight is 832 g/mol. The highest BCUT2D eigenvalue weighted by Crippen LogP contribution is 2.41. The lowest BCUT2D eigenvalue weighted by molar-refractivity contribution is 0.668. The maximum atomic E-state index is 6.44. The Bertz CT molecular complexity index is 4440. The summed E-state index contributed by atoms with van der Waals surface area (Å²) < 4.78 is 27.7. The predicted molar refractivity (Wildman–Crippen MR) is 266 cm³/mol. The number of fused-ring (bicyclic) bond motifs is 15. The molecule has 0 N–H and O–H groups in total. The lowest BCUT2D eigenvalue weighted by atomic mass is 9.98. The van der Waals surface area contributed by atoms with E-state index >= 15 is 0 Å². The molecule has 10 aromatic carbocycles. The zero-order valence-electron chi connectivity index (χ0n) is 34.6. The number of para-hydroxylation sites is 3. The maximum Gasteiger partial charge on any atom is 0.135 e. The van der Waals surface area contributed by atoms with Crippen molar-refractivity contribution in [3.63, 3.8) is 0 Å². The molecule has 5 aromatic heterocycles. The summed E-state index contributed by atoms with van der Waals surface area (Å²) in [6, 6.07) is 70.9. The zero-order valence-corrected chi connectivity index (χ0v) is 34.6. The Morgan fingerprint density at radius 3 is 0.877 bits per heavy atom. The molecule has 0 unspecified atom stereocenters. The molecule has 0 saturated carbocycles. The van der Waals surface area contributed by atoms with Gasteiger partial charge in [-0.2, -0.15) is 0 Å². The summed E-state index contributed by atoms with van der Waals surface area (Å²) in [6.45, 7) is 0. The van der Waals surface area contributed by atoms with E-state index in [-0.39, 0.29) is 0 Å². The van der Waals surface area contributed by atoms with Crippen LogP contribution in [-0.2, 0) is 0 Å². The summed E-state index contributed by atoms with van der Waals surface area (Å²) in [7, 11) is 0. The van der Waals surface area contributed by atoms with E-state index in [0.29, 0.717) is 0 Å². The van der Waals surface area contributed by atoms with Gasteiger partial charge >= 0.3 is 0 Å². The predicted octanol–water partition coefficient (Wildman–Crippen LogP) is 17.4. The Morgan fingerprint density at radius 1 is 0.215 bits per heavy atom. The largest absolute Gasteiger partial charge is 0.456 e. The van der Waals surface area contributed by atoms with Gasteiger partial charge in [-0.15, -0.1) is 0 Å². The van der Waals surface area contributed by atoms with E-state index in [1.54, 1.807) is 0 Å². The third-order valence-corrected chi connectivity index (χ3v) is 13.6. The van der Waals surface area contributed by atoms with Crippen molar-refractivity contribution in [3.8, 4) is 39.1 Å². The standard InChI is InChI=1S/C60H33NO4/c1-4-10-51-41(7-1)42-8-2-5-11-52(42)61(51)40-19-26-60-50(33-40)49-32-39(18-25-59(49)65-60)38-17-24-58-48(31-38)47-30-37(16-23-57(47)64-58)36-15-22-56-46(29-36)45-28-35(14-21-55(45)63-56)34-13-20-54-44(27-34)43-9-3-6-12-53(43)62-54/h1-33H. The number of rotatable bonds is 4. The Kier molecular flexibility index (Phi) is 6.89. The Balaban J connectivity index is 0.812. The van der Waals surface area contributed by atoms with Crippen LogP contribution in [0.3, 0.4) is 0 Å². The van der Waals surface area contributed by atoms with E-state index in [4.69, 9.17) is 17.7 Å². The lowest BCUT2D eigenvalue weighted by Crippen LogP contribution is -1.93. The molecular weight excluding hydrogens is 799 g/mol. The fourth-order valence-corrected chi connectivity index (χ4v) is 10.5. The molecule has 0 aliphatic carbocycles. The van der Waals surface area contributed by atoms with Crippen LogP contribution >= 0.6 is 0 Å². The zero-order chi connectivity index (χ0) is 42.3. The van der Waals surface area contributed by atoms with Gasteiger partial charge in [-0.05, 0) is 143 Å². The quantitative estimate of drug-likeness (QED) is 0.177. The molecule has 0 saturated heterocycles. The van der Waals surface area contributed by atoms with Crippen LogP contribution in [0.1, 0.15) is 0 Å². The monoisotopic (exact) mass is 831 g/mol. The lowest BCUT2D eigenvalue weighted by Gasteiger charge is -2.08. The molecule has 0 aliphatic heterocycles. The maximum absolute atomic E-state index is 6.44. The van der Waals surface area contributed by atoms with E-state index in [9.17, 15) is 0 Å². The first kappa shape index (κ1) is 34.7. The minimum atomic E-state index is 0.858. The highest BCUT2D eigenvalue weighted by molar-refractivity contribution is 6.13. The fourth-order valence-electron chi connectivity index (χ4n) is 10.5. The van der Waals surface area contributed by atoms with Gasteiger partial charge in [-0.1, -0.05) is 91.0 Å². The molecule has 5 heteroatoms. The van der Waals surface area contributed by atoms with Gasteiger partial charge in [0, 0.05) is 59.5 Å². The van der Waals surface area contributed by atoms with Crippen molar-refractivity contribution >= 4 is 110 Å². The van der Waals surface area contributed by atoms with Crippen LogP contribution in [0.4, 0.5) is 0 Å². The van der Waals surface area contributed by atoms with E-state index < -0.39 is 0 Å². The molecule has 302 valence electrons. The topological polar surface area (TPSA) is 57.5 Å². The van der Waals surface area contributed by atoms with Crippen LogP contribution in [0.2, 0.25) is 0 Å². The van der Waals surface area contributed by atoms with E-state index in [2.05, 4.69) is 193 Å². The SMILES string of the molecule is c1ccc2c(c1)oc1ccc(-c3ccc4oc5ccc(-c6ccc7oc8ccc(-c9ccc%10oc%11ccc(-n%12c%13ccccc%13c%13ccccc%13%12)cc%11c%10c9)cc8c7c6)cc5c4c3)cc12. The van der Waals surface area contributed by atoms with Crippen molar-refractivity contribution in [2.75, 3.05) is 0 Å². The van der Waals surface area contributed by atoms with Crippen LogP contribution in [0.25, 0.3) is 149 Å². The smallest absolute Gasteiger partial charge is 0.135 e. The summed E-state index contributed by atoms with van der Waals surface area (Å²) in [4.78, 5) is 0. The second-order valence-corrected chi connectivity index (χ2v) is 17.2. The van der Waals surface area contributed by atoms with Crippen LogP contribution in [0, 0.1) is 0 Å². The van der Waals surface area contributed by atoms with Gasteiger partial charge in [0.1, 0.15) is 44.7 Å². The van der Waals surface area contributed by atoms with Crippen molar-refractivity contribution < 1.29 is 17.7 Å². The normalized spacial score (nSPS) is 12.3. The number of nitrogens with zero attached hydrogens (tertiary/aromatic N) is 1. The molecule has 5 heterocycles. The van der Waals surface area contributed by atoms with Gasteiger partial charge in [0.05, 0.1) is 11.0 Å². The summed E-state index contributed by atoms with van der Waals surface area (Å²) in [6.07, 6.45) is 0. The van der Waals surface area contributed by atoms with Gasteiger partial charge in [0.25, 0.3) is 0 Å². The Hall–Kier alpha value is -8.80. The van der Waals surface area contributed by atoms with E-state index in [1.165, 1.54) is 21.8 Å². The first-order valence-corrected chi connectivity index (χ1v) is 22.0. The number of aromatic nitrogens is 1. The molecule has 0 amide bonds. The van der Waals surface area contributed by atoms with Crippen molar-refractivity contribution in [2.45, 2.75) is 0 Å². The molecule has 15 rings (SSSR count). The van der Waals surface area contributed by atoms with E-state index in [1.807, 2.05) is 12.1 Å². The number of benzene rings is 10. The molecule has 0 atom stereocenters. The summed E-state index contributed by atoms with van der Waals surface area (Å²) >= 11 is 0. The average Bonchev–Trinajstić information content (AvgIpc) is 4.18. The summed E-state index contributed by atoms with van der Waals surface area (Å²) in [5, 5.41) is 11.2. The first-order valence-electron chi connectivity index (χ1n) is 22.0. The molecule has 0 bridgehead atoms. The van der Waals surface area contributed by atoms with Gasteiger partial charge in [0.15, 0.2) is 0 Å². The van der Waals surface area contributed by atoms with Gasteiger partial charge < -0.3 is 22.2 Å². The highest BCUT2D eigenvalue weighted by atomic mass is 16.3. The minimum absolute atomic E-state index is 0.858. The minimum Gasteiger partial charge on any atom is -0.456 e. The van der Waals surface area contributed by atoms with Crippen LogP contribution in [0.15, 0.2) is 218 Å². The second-order valence-electron chi connectivity index (χ2n) is 17.2. The Labute approximate surface area is 369 Å². The van der Waals surface area contributed by atoms with Crippen LogP contribution < -0.4 is 0 Å². The Morgan fingerprint density at radius 2 is 0.492 bits per heavy atom. The molecule has 0 radical (unpaired) electrons. The van der Waals surface area contributed by atoms with Crippen molar-refractivity contribution in [1.82, 2.24) is 4.57 Å². The van der Waals surface area contributed by atoms with Crippen molar-refractivity contribution in [2.24, 2.45) is 0 Å². The number of hydrogen-bond acceptors (Lipinski definition) is 4. The van der Waals surface area contributed by atoms with Crippen LogP contribution in [0.5, 0.6) is 0 Å².